The molecule has 0 saturated heterocycles. The van der Waals surface area contributed by atoms with Gasteiger partial charge in [0.1, 0.15) is 11.9 Å². The van der Waals surface area contributed by atoms with Gasteiger partial charge in [0.05, 0.1) is 6.04 Å². The Morgan fingerprint density at radius 1 is 1.44 bits per heavy atom. The second-order valence-corrected chi connectivity index (χ2v) is 4.68. The summed E-state index contributed by atoms with van der Waals surface area (Å²) in [6.45, 7) is 1.86. The molecule has 1 fully saturated rings. The van der Waals surface area contributed by atoms with E-state index in [-0.39, 0.29) is 18.6 Å². The summed E-state index contributed by atoms with van der Waals surface area (Å²) in [5.74, 6) is 0.434. The van der Waals surface area contributed by atoms with Crippen LogP contribution >= 0.6 is 0 Å². The van der Waals surface area contributed by atoms with Gasteiger partial charge in [-0.1, -0.05) is 18.2 Å². The highest BCUT2D eigenvalue weighted by Crippen LogP contribution is 2.22. The maximum Gasteiger partial charge on any atom is 0.258 e. The van der Waals surface area contributed by atoms with Crippen molar-refractivity contribution in [2.24, 2.45) is 0 Å². The fourth-order valence-electron chi connectivity index (χ4n) is 2.19. The van der Waals surface area contributed by atoms with Crippen LogP contribution in [0.15, 0.2) is 24.3 Å². The number of nitrogens with one attached hydrogen (secondary N) is 1. The van der Waals surface area contributed by atoms with Gasteiger partial charge in [-0.15, -0.1) is 0 Å². The van der Waals surface area contributed by atoms with Gasteiger partial charge < -0.3 is 10.1 Å². The summed E-state index contributed by atoms with van der Waals surface area (Å²) < 4.78 is 18.7. The van der Waals surface area contributed by atoms with Crippen LogP contribution < -0.4 is 10.1 Å². The lowest BCUT2D eigenvalue weighted by Gasteiger charge is -2.15. The van der Waals surface area contributed by atoms with Crippen LogP contribution in [0, 0.1) is 6.92 Å². The molecule has 1 amide bonds. The highest BCUT2D eigenvalue weighted by atomic mass is 19.1. The Bertz CT molecular complexity index is 422. The zero-order valence-corrected chi connectivity index (χ0v) is 10.5. The monoisotopic (exact) mass is 251 g/mol. The molecule has 2 rings (SSSR count). The predicted octanol–water partition coefficient (Wildman–Crippen LogP) is 2.38. The van der Waals surface area contributed by atoms with Crippen molar-refractivity contribution in [2.75, 3.05) is 6.61 Å². The first-order valence-electron chi connectivity index (χ1n) is 6.28. The van der Waals surface area contributed by atoms with Gasteiger partial charge in [0.2, 0.25) is 0 Å². The Labute approximate surface area is 106 Å². The molecular formula is C14H18FNO2. The molecule has 1 saturated carbocycles. The summed E-state index contributed by atoms with van der Waals surface area (Å²) in [6.07, 6.45) is 1.19. The number of para-hydroxylation sites is 1. The molecule has 1 aliphatic rings. The van der Waals surface area contributed by atoms with Crippen molar-refractivity contribution in [1.82, 2.24) is 5.32 Å². The first kappa shape index (κ1) is 12.9. The fourth-order valence-corrected chi connectivity index (χ4v) is 2.19. The van der Waals surface area contributed by atoms with Crippen molar-refractivity contribution >= 4 is 5.91 Å². The summed E-state index contributed by atoms with van der Waals surface area (Å²) in [5.41, 5.74) is 0.981. The first-order chi connectivity index (χ1) is 8.66. The fraction of sp³-hybridized carbons (Fsp3) is 0.500. The molecule has 1 aromatic rings. The SMILES string of the molecule is Cc1ccccc1OCC(=O)N[C@H]1CCC[C@H]1F. The molecule has 3 nitrogen and oxygen atoms in total. The van der Waals surface area contributed by atoms with Gasteiger partial charge in [-0.05, 0) is 37.8 Å². The zero-order valence-electron chi connectivity index (χ0n) is 10.5. The molecule has 1 N–H and O–H groups in total. The van der Waals surface area contributed by atoms with E-state index >= 15 is 0 Å². The van der Waals surface area contributed by atoms with Crippen molar-refractivity contribution < 1.29 is 13.9 Å². The van der Waals surface area contributed by atoms with E-state index in [4.69, 9.17) is 4.74 Å². The quantitative estimate of drug-likeness (QED) is 0.892. The average molecular weight is 251 g/mol. The summed E-state index contributed by atoms with van der Waals surface area (Å²) >= 11 is 0. The number of carbonyl (C=O) groups is 1. The summed E-state index contributed by atoms with van der Waals surface area (Å²) in [5, 5.41) is 2.68. The summed E-state index contributed by atoms with van der Waals surface area (Å²) in [6, 6.07) is 7.17. The van der Waals surface area contributed by atoms with Gasteiger partial charge in [-0.3, -0.25) is 4.79 Å². The number of rotatable bonds is 4. The molecule has 4 heteroatoms. The van der Waals surface area contributed by atoms with E-state index in [0.29, 0.717) is 12.2 Å². The molecule has 0 bridgehead atoms. The topological polar surface area (TPSA) is 38.3 Å². The standard InChI is InChI=1S/C14H18FNO2/c1-10-5-2-3-8-13(10)18-9-14(17)16-12-7-4-6-11(12)15/h2-3,5,8,11-12H,4,6-7,9H2,1H3,(H,16,17)/t11-,12+/m1/s1. The number of amides is 1. The van der Waals surface area contributed by atoms with Crippen LogP contribution in [-0.2, 0) is 4.79 Å². The van der Waals surface area contributed by atoms with Crippen LogP contribution in [0.4, 0.5) is 4.39 Å². The molecule has 2 atom stereocenters. The Balaban J connectivity index is 1.80. The number of hydrogen-bond donors (Lipinski definition) is 1. The number of benzene rings is 1. The van der Waals surface area contributed by atoms with Crippen molar-refractivity contribution in [2.45, 2.75) is 38.4 Å². The van der Waals surface area contributed by atoms with E-state index in [9.17, 15) is 9.18 Å². The maximum atomic E-state index is 13.3. The van der Waals surface area contributed by atoms with Gasteiger partial charge in [-0.25, -0.2) is 4.39 Å². The lowest BCUT2D eigenvalue weighted by atomic mass is 10.2. The Morgan fingerprint density at radius 2 is 2.22 bits per heavy atom. The van der Waals surface area contributed by atoms with Gasteiger partial charge in [0, 0.05) is 0 Å². The van der Waals surface area contributed by atoms with Crippen LogP contribution in [0.3, 0.4) is 0 Å². The number of carbonyl (C=O) groups excluding carboxylic acids is 1. The first-order valence-corrected chi connectivity index (χ1v) is 6.28. The highest BCUT2D eigenvalue weighted by molar-refractivity contribution is 5.78. The minimum Gasteiger partial charge on any atom is -0.484 e. The third kappa shape index (κ3) is 3.22. The third-order valence-corrected chi connectivity index (χ3v) is 3.23. The smallest absolute Gasteiger partial charge is 0.258 e. The molecular weight excluding hydrogens is 233 g/mol. The van der Waals surface area contributed by atoms with Gasteiger partial charge in [-0.2, -0.15) is 0 Å². The largest absolute Gasteiger partial charge is 0.484 e. The Kier molecular flexibility index (Phi) is 4.18. The van der Waals surface area contributed by atoms with Crippen LogP contribution in [-0.4, -0.2) is 24.7 Å². The molecule has 1 aromatic carbocycles. The lowest BCUT2D eigenvalue weighted by molar-refractivity contribution is -0.124. The van der Waals surface area contributed by atoms with Crippen molar-refractivity contribution in [1.29, 1.82) is 0 Å². The lowest BCUT2D eigenvalue weighted by Crippen LogP contribution is -2.40. The normalized spacial score (nSPS) is 22.8. The van der Waals surface area contributed by atoms with Crippen molar-refractivity contribution in [3.05, 3.63) is 29.8 Å². The van der Waals surface area contributed by atoms with Crippen molar-refractivity contribution in [3.63, 3.8) is 0 Å². The number of ether oxygens (including phenoxy) is 1. The molecule has 0 spiro atoms. The molecule has 98 valence electrons. The van der Waals surface area contributed by atoms with Gasteiger partial charge in [0.25, 0.3) is 5.91 Å². The molecule has 0 aliphatic heterocycles. The van der Waals surface area contributed by atoms with Crippen LogP contribution in [0.2, 0.25) is 0 Å². The third-order valence-electron chi connectivity index (χ3n) is 3.23. The van der Waals surface area contributed by atoms with Crippen LogP contribution in [0.25, 0.3) is 0 Å². The molecule has 18 heavy (non-hydrogen) atoms. The predicted molar refractivity (Wildman–Crippen MR) is 67.4 cm³/mol. The number of aryl methyl sites for hydroxylation is 1. The zero-order chi connectivity index (χ0) is 13.0. The molecule has 0 heterocycles. The van der Waals surface area contributed by atoms with E-state index in [1.807, 2.05) is 31.2 Å². The summed E-state index contributed by atoms with van der Waals surface area (Å²) in [7, 11) is 0. The highest BCUT2D eigenvalue weighted by Gasteiger charge is 2.28. The number of alkyl halides is 1. The van der Waals surface area contributed by atoms with E-state index < -0.39 is 6.17 Å². The Morgan fingerprint density at radius 3 is 2.89 bits per heavy atom. The second-order valence-electron chi connectivity index (χ2n) is 4.68. The van der Waals surface area contributed by atoms with Gasteiger partial charge in [0.15, 0.2) is 6.61 Å². The summed E-state index contributed by atoms with van der Waals surface area (Å²) in [4.78, 5) is 11.6. The minimum absolute atomic E-state index is 0.0614. The van der Waals surface area contributed by atoms with E-state index in [2.05, 4.69) is 5.32 Å². The molecule has 1 aliphatic carbocycles. The van der Waals surface area contributed by atoms with E-state index in [0.717, 1.165) is 18.4 Å². The molecule has 0 aromatic heterocycles. The molecule has 0 radical (unpaired) electrons. The minimum atomic E-state index is -0.910. The average Bonchev–Trinajstić information content (AvgIpc) is 2.74. The van der Waals surface area contributed by atoms with Crippen LogP contribution in [0.1, 0.15) is 24.8 Å². The molecule has 0 unspecified atom stereocenters. The number of hydrogen-bond acceptors (Lipinski definition) is 2. The van der Waals surface area contributed by atoms with Gasteiger partial charge >= 0.3 is 0 Å². The van der Waals surface area contributed by atoms with E-state index in [1.165, 1.54) is 0 Å². The van der Waals surface area contributed by atoms with Crippen molar-refractivity contribution in [3.8, 4) is 5.75 Å². The van der Waals surface area contributed by atoms with Crippen LogP contribution in [0.5, 0.6) is 5.75 Å². The van der Waals surface area contributed by atoms with E-state index in [1.54, 1.807) is 0 Å². The Hall–Kier alpha value is -1.58. The second kappa shape index (κ2) is 5.85. The maximum absolute atomic E-state index is 13.3. The number of halogens is 1.